The molecule has 0 radical (unpaired) electrons. The number of aromatic nitrogens is 4. The number of nitrogens with two attached hydrogens (primary N) is 2. The van der Waals surface area contributed by atoms with E-state index in [9.17, 15) is 0 Å². The third-order valence-corrected chi connectivity index (χ3v) is 7.05. The molecule has 180 valence electrons. The Kier molecular flexibility index (Phi) is 5.00. The van der Waals surface area contributed by atoms with E-state index in [-0.39, 0.29) is 35.4 Å². The average Bonchev–Trinajstić information content (AvgIpc) is 3.46. The molecule has 4 N–H and O–H groups in total. The van der Waals surface area contributed by atoms with Gasteiger partial charge in [0.25, 0.3) is 0 Å². The average molecular weight is 495 g/mol. The molecule has 2 aliphatic rings. The summed E-state index contributed by atoms with van der Waals surface area (Å²) in [6.07, 6.45) is 6.11. The number of ether oxygens (including phenoxy) is 2. The van der Waals surface area contributed by atoms with Gasteiger partial charge < -0.3 is 25.5 Å². The number of fused-ring (bicyclic) bond motifs is 3. The number of pyridine rings is 1. The molecule has 1 saturated heterocycles. The van der Waals surface area contributed by atoms with Gasteiger partial charge in [-0.1, -0.05) is 29.8 Å². The fraction of sp³-hybridized carbons (Fsp3) is 0.320. The predicted octanol–water partition coefficient (Wildman–Crippen LogP) is 4.57. The summed E-state index contributed by atoms with van der Waals surface area (Å²) in [6.45, 7) is 3.80. The monoisotopic (exact) mass is 494 g/mol. The molecule has 35 heavy (non-hydrogen) atoms. The maximum Gasteiger partial charge on any atom is 0.164 e. The van der Waals surface area contributed by atoms with E-state index < -0.39 is 5.79 Å². The van der Waals surface area contributed by atoms with Crippen LogP contribution >= 0.6 is 11.6 Å². The number of hydrogen-bond acceptors (Lipinski definition) is 7. The minimum Gasteiger partial charge on any atom is -0.383 e. The van der Waals surface area contributed by atoms with Gasteiger partial charge in [0.15, 0.2) is 11.6 Å². The summed E-state index contributed by atoms with van der Waals surface area (Å²) in [5, 5.41) is 1.71. The maximum atomic E-state index is 15.3. The zero-order chi connectivity index (χ0) is 24.5. The van der Waals surface area contributed by atoms with Crippen LogP contribution in [-0.4, -0.2) is 37.5 Å². The molecule has 10 heteroatoms. The van der Waals surface area contributed by atoms with Gasteiger partial charge in [-0.3, -0.25) is 0 Å². The fourth-order valence-electron chi connectivity index (χ4n) is 5.14. The topological polar surface area (TPSA) is 114 Å². The molecule has 6 rings (SSSR count). The van der Waals surface area contributed by atoms with Crippen molar-refractivity contribution in [3.8, 4) is 0 Å². The summed E-state index contributed by atoms with van der Waals surface area (Å²) in [5.41, 5.74) is 14.4. The molecule has 0 saturated carbocycles. The molecule has 4 heterocycles. The van der Waals surface area contributed by atoms with Crippen LogP contribution in [0.3, 0.4) is 0 Å². The Morgan fingerprint density at radius 2 is 1.94 bits per heavy atom. The summed E-state index contributed by atoms with van der Waals surface area (Å²) in [4.78, 5) is 12.7. The maximum absolute atomic E-state index is 15.3. The first-order chi connectivity index (χ1) is 16.7. The van der Waals surface area contributed by atoms with E-state index in [4.69, 9.17) is 32.5 Å². The number of nitrogens with zero attached hydrogens (tertiary/aromatic N) is 4. The van der Waals surface area contributed by atoms with Crippen molar-refractivity contribution in [3.05, 3.63) is 64.8 Å². The molecule has 0 bridgehead atoms. The van der Waals surface area contributed by atoms with E-state index in [1.54, 1.807) is 12.1 Å². The molecular formula is C25H24ClFN6O2. The number of anilines is 2. The van der Waals surface area contributed by atoms with Crippen LogP contribution in [0.15, 0.2) is 48.4 Å². The van der Waals surface area contributed by atoms with Gasteiger partial charge in [0, 0.05) is 11.6 Å². The van der Waals surface area contributed by atoms with Crippen LogP contribution in [0, 0.1) is 5.82 Å². The van der Waals surface area contributed by atoms with Crippen LogP contribution in [0.4, 0.5) is 16.0 Å². The van der Waals surface area contributed by atoms with E-state index in [0.29, 0.717) is 34.6 Å². The Hall–Kier alpha value is -3.27. The van der Waals surface area contributed by atoms with Gasteiger partial charge in [-0.05, 0) is 50.0 Å². The lowest BCUT2D eigenvalue weighted by Crippen LogP contribution is -2.27. The molecular weight excluding hydrogens is 471 g/mol. The van der Waals surface area contributed by atoms with Gasteiger partial charge in [0.1, 0.15) is 41.3 Å². The van der Waals surface area contributed by atoms with Crippen molar-refractivity contribution < 1.29 is 13.9 Å². The van der Waals surface area contributed by atoms with Crippen molar-refractivity contribution in [1.29, 1.82) is 0 Å². The Balaban J connectivity index is 1.33. The van der Waals surface area contributed by atoms with Crippen LogP contribution in [-0.2, 0) is 15.9 Å². The van der Waals surface area contributed by atoms with E-state index in [2.05, 4.69) is 21.0 Å². The predicted molar refractivity (Wildman–Crippen MR) is 132 cm³/mol. The Labute approximate surface area is 205 Å². The van der Waals surface area contributed by atoms with Crippen molar-refractivity contribution in [3.63, 3.8) is 0 Å². The van der Waals surface area contributed by atoms with Gasteiger partial charge in [0.05, 0.1) is 16.5 Å². The summed E-state index contributed by atoms with van der Waals surface area (Å²) in [7, 11) is 0. The summed E-state index contributed by atoms with van der Waals surface area (Å²) in [5.74, 6) is -0.579. The number of hydrogen-bond donors (Lipinski definition) is 2. The Bertz CT molecular complexity index is 1520. The third kappa shape index (κ3) is 3.62. The zero-order valence-corrected chi connectivity index (χ0v) is 20.0. The Morgan fingerprint density at radius 1 is 1.11 bits per heavy atom. The number of rotatable bonds is 4. The van der Waals surface area contributed by atoms with Crippen molar-refractivity contribution >= 4 is 45.2 Å². The minimum absolute atomic E-state index is 0.113. The highest BCUT2D eigenvalue weighted by Gasteiger charge is 2.50. The first kappa shape index (κ1) is 22.2. The van der Waals surface area contributed by atoms with Gasteiger partial charge in [-0.2, -0.15) is 0 Å². The fourth-order valence-corrected chi connectivity index (χ4v) is 5.30. The summed E-state index contributed by atoms with van der Waals surface area (Å²) >= 11 is 6.04. The molecule has 1 fully saturated rings. The highest BCUT2D eigenvalue weighted by Crippen LogP contribution is 2.45. The lowest BCUT2D eigenvalue weighted by molar-refractivity contribution is -0.147. The van der Waals surface area contributed by atoms with Gasteiger partial charge >= 0.3 is 0 Å². The molecule has 1 aliphatic carbocycles. The molecule has 3 atom stereocenters. The van der Waals surface area contributed by atoms with Crippen molar-refractivity contribution in [1.82, 2.24) is 19.5 Å². The SMILES string of the molecule is CC1(C)O[C@@H]2[C@H](O1)C(CCc1ccc3cc(Cl)c(N)nc3c1F)=C[C@H]2n1ccc2c(N)ncnc21. The van der Waals surface area contributed by atoms with E-state index in [0.717, 1.165) is 16.6 Å². The second-order valence-corrected chi connectivity index (χ2v) is 9.85. The van der Waals surface area contributed by atoms with Gasteiger partial charge in [-0.15, -0.1) is 0 Å². The largest absolute Gasteiger partial charge is 0.383 e. The molecule has 1 aliphatic heterocycles. The van der Waals surface area contributed by atoms with Crippen LogP contribution in [0.1, 0.15) is 31.9 Å². The molecule has 4 aromatic rings. The van der Waals surface area contributed by atoms with Crippen LogP contribution in [0.5, 0.6) is 0 Å². The van der Waals surface area contributed by atoms with Crippen LogP contribution < -0.4 is 11.5 Å². The lowest BCUT2D eigenvalue weighted by Gasteiger charge is -2.22. The molecule has 0 spiro atoms. The minimum atomic E-state index is -0.737. The lowest BCUT2D eigenvalue weighted by atomic mass is 10.0. The Morgan fingerprint density at radius 3 is 2.77 bits per heavy atom. The normalized spacial score (nSPS) is 23.2. The standard InChI is InChI=1S/C25H24ClFN6O2/c1-25(2)34-20-14(6-4-12-3-5-13-9-16(26)23(29)32-19(13)18(12)27)10-17(21(20)35-25)33-8-7-15-22(28)30-11-31-24(15)33/h3,5,7-11,17,20-21H,4,6H2,1-2H3,(H2,29,32)(H2,28,30,31)/t17-,20-,21+/m1/s1. The number of aryl methyl sites for hydroxylation is 1. The van der Waals surface area contributed by atoms with Crippen LogP contribution in [0.2, 0.25) is 5.02 Å². The molecule has 8 nitrogen and oxygen atoms in total. The third-order valence-electron chi connectivity index (χ3n) is 6.75. The molecule has 3 aromatic heterocycles. The first-order valence-corrected chi connectivity index (χ1v) is 11.8. The van der Waals surface area contributed by atoms with E-state index >= 15 is 4.39 Å². The highest BCUT2D eigenvalue weighted by molar-refractivity contribution is 6.33. The number of benzene rings is 1. The van der Waals surface area contributed by atoms with E-state index in [1.807, 2.05) is 36.7 Å². The second kappa shape index (κ2) is 7.87. The first-order valence-electron chi connectivity index (χ1n) is 11.4. The van der Waals surface area contributed by atoms with Gasteiger partial charge in [0.2, 0.25) is 0 Å². The van der Waals surface area contributed by atoms with Gasteiger partial charge in [-0.25, -0.2) is 19.3 Å². The smallest absolute Gasteiger partial charge is 0.164 e. The van der Waals surface area contributed by atoms with E-state index in [1.165, 1.54) is 6.33 Å². The van der Waals surface area contributed by atoms with Crippen molar-refractivity contribution in [2.75, 3.05) is 11.5 Å². The molecule has 1 aromatic carbocycles. The number of halogens is 2. The summed E-state index contributed by atoms with van der Waals surface area (Å²) in [6, 6.07) is 6.97. The molecule has 0 amide bonds. The summed E-state index contributed by atoms with van der Waals surface area (Å²) < 4.78 is 29.9. The van der Waals surface area contributed by atoms with Crippen molar-refractivity contribution in [2.24, 2.45) is 0 Å². The number of nitrogen functional groups attached to an aromatic ring is 2. The van der Waals surface area contributed by atoms with Crippen molar-refractivity contribution in [2.45, 2.75) is 50.7 Å². The zero-order valence-electron chi connectivity index (χ0n) is 19.2. The van der Waals surface area contributed by atoms with Crippen LogP contribution in [0.25, 0.3) is 21.9 Å². The second-order valence-electron chi connectivity index (χ2n) is 9.44. The molecule has 0 unspecified atom stereocenters. The quantitative estimate of drug-likeness (QED) is 0.399. The highest BCUT2D eigenvalue weighted by atomic mass is 35.5.